The molecular weight excluding hydrogens is 300 g/mol. The summed E-state index contributed by atoms with van der Waals surface area (Å²) in [7, 11) is 0. The van der Waals surface area contributed by atoms with Crippen LogP contribution in [0.2, 0.25) is 0 Å². The van der Waals surface area contributed by atoms with E-state index in [1.54, 1.807) is 25.7 Å². The zero-order valence-electron chi connectivity index (χ0n) is 17.2. The Hall–Kier alpha value is -0.260. The largest absolute Gasteiger partial charge is 0.0882 e. The average Bonchev–Trinajstić information content (AvgIpc) is 3.12. The molecule has 5 aliphatic carbocycles. The van der Waals surface area contributed by atoms with Gasteiger partial charge in [0.2, 0.25) is 0 Å². The van der Waals surface area contributed by atoms with E-state index >= 15 is 0 Å². The zero-order valence-corrected chi connectivity index (χ0v) is 17.2. The summed E-state index contributed by atoms with van der Waals surface area (Å²) in [6, 6.07) is 0. The smallest absolute Gasteiger partial charge is 0.0144 e. The van der Waals surface area contributed by atoms with Crippen molar-refractivity contribution in [3.05, 3.63) is 11.6 Å². The Bertz CT molecular complexity index is 587. The summed E-state index contributed by atoms with van der Waals surface area (Å²) < 4.78 is 0. The molecule has 5 saturated carbocycles. The van der Waals surface area contributed by atoms with Crippen molar-refractivity contribution in [2.24, 2.45) is 45.8 Å². The Balaban J connectivity index is 1.48. The Kier molecular flexibility index (Phi) is 3.64. The molecule has 0 radical (unpaired) electrons. The fourth-order valence-electron chi connectivity index (χ4n) is 9.69. The van der Waals surface area contributed by atoms with Crippen molar-refractivity contribution in [1.82, 2.24) is 0 Å². The van der Waals surface area contributed by atoms with Crippen molar-refractivity contribution in [1.29, 1.82) is 0 Å². The molecular formula is C25H40. The molecule has 8 atom stereocenters. The van der Waals surface area contributed by atoms with E-state index in [0.717, 1.165) is 35.0 Å². The van der Waals surface area contributed by atoms with Crippen LogP contribution >= 0.6 is 0 Å². The predicted octanol–water partition coefficient (Wildman–Crippen LogP) is 7.39. The quantitative estimate of drug-likeness (QED) is 0.403. The van der Waals surface area contributed by atoms with Crippen molar-refractivity contribution in [3.63, 3.8) is 0 Å². The lowest BCUT2D eigenvalue weighted by molar-refractivity contribution is -0.160. The first-order valence-electron chi connectivity index (χ1n) is 11.6. The molecule has 0 saturated heterocycles. The fraction of sp³-hybridized carbons (Fsp3) is 0.920. The predicted molar refractivity (Wildman–Crippen MR) is 106 cm³/mol. The molecule has 0 heteroatoms. The summed E-state index contributed by atoms with van der Waals surface area (Å²) in [6.45, 7) is 10.3. The first-order valence-corrected chi connectivity index (χ1v) is 11.6. The lowest BCUT2D eigenvalue weighted by atomic mass is 9.40. The second-order valence-corrected chi connectivity index (χ2v) is 11.5. The highest BCUT2D eigenvalue weighted by Crippen LogP contribution is 2.74. The maximum absolute atomic E-state index is 2.74. The molecule has 5 fully saturated rings. The van der Waals surface area contributed by atoms with Gasteiger partial charge in [0.05, 0.1) is 0 Å². The van der Waals surface area contributed by atoms with Gasteiger partial charge < -0.3 is 0 Å². The molecule has 0 aliphatic heterocycles. The van der Waals surface area contributed by atoms with Crippen LogP contribution in [-0.2, 0) is 0 Å². The van der Waals surface area contributed by atoms with Crippen LogP contribution in [0.1, 0.15) is 98.3 Å². The van der Waals surface area contributed by atoms with Crippen LogP contribution < -0.4 is 0 Å². The van der Waals surface area contributed by atoms with E-state index in [1.165, 1.54) is 44.9 Å². The Morgan fingerprint density at radius 1 is 0.880 bits per heavy atom. The second-order valence-electron chi connectivity index (χ2n) is 11.5. The molecule has 25 heavy (non-hydrogen) atoms. The molecule has 6 unspecified atom stereocenters. The molecule has 0 heterocycles. The SMILES string of the molecule is C/C=C1\CCC23CCC4C(CC[C@@]5(C)C[C@H](C)CCC45C)C2CCC13. The molecule has 5 rings (SSSR count). The lowest BCUT2D eigenvalue weighted by Crippen LogP contribution is -2.57. The van der Waals surface area contributed by atoms with Gasteiger partial charge in [-0.2, -0.15) is 0 Å². The monoisotopic (exact) mass is 340 g/mol. The van der Waals surface area contributed by atoms with Crippen LogP contribution in [-0.4, -0.2) is 0 Å². The Morgan fingerprint density at radius 3 is 2.52 bits per heavy atom. The highest BCUT2D eigenvalue weighted by Gasteiger charge is 2.65. The third-order valence-electron chi connectivity index (χ3n) is 11.0. The molecule has 0 N–H and O–H groups in total. The lowest BCUT2D eigenvalue weighted by Gasteiger charge is -2.65. The van der Waals surface area contributed by atoms with Gasteiger partial charge in [-0.25, -0.2) is 0 Å². The average molecular weight is 341 g/mol. The van der Waals surface area contributed by atoms with Crippen molar-refractivity contribution < 1.29 is 0 Å². The minimum absolute atomic E-state index is 0.637. The van der Waals surface area contributed by atoms with Gasteiger partial charge in [-0.3, -0.25) is 0 Å². The van der Waals surface area contributed by atoms with E-state index in [0.29, 0.717) is 10.8 Å². The van der Waals surface area contributed by atoms with Crippen LogP contribution in [0.3, 0.4) is 0 Å². The van der Waals surface area contributed by atoms with Gasteiger partial charge >= 0.3 is 0 Å². The number of hydrogen-bond acceptors (Lipinski definition) is 0. The van der Waals surface area contributed by atoms with Gasteiger partial charge in [-0.15, -0.1) is 0 Å². The summed E-state index contributed by atoms with van der Waals surface area (Å²) in [4.78, 5) is 0. The van der Waals surface area contributed by atoms with E-state index in [4.69, 9.17) is 0 Å². The minimum Gasteiger partial charge on any atom is -0.0882 e. The van der Waals surface area contributed by atoms with Gasteiger partial charge in [-0.1, -0.05) is 38.8 Å². The van der Waals surface area contributed by atoms with E-state index in [1.807, 2.05) is 5.57 Å². The van der Waals surface area contributed by atoms with Crippen LogP contribution in [0.15, 0.2) is 11.6 Å². The molecule has 140 valence electrons. The van der Waals surface area contributed by atoms with Crippen molar-refractivity contribution >= 4 is 0 Å². The van der Waals surface area contributed by atoms with Crippen LogP contribution in [0.25, 0.3) is 0 Å². The molecule has 0 aromatic carbocycles. The van der Waals surface area contributed by atoms with Crippen molar-refractivity contribution in [2.75, 3.05) is 0 Å². The number of fused-ring (bicyclic) bond motifs is 4. The first-order chi connectivity index (χ1) is 11.9. The number of allylic oxidation sites excluding steroid dienone is 2. The van der Waals surface area contributed by atoms with E-state index in [2.05, 4.69) is 33.8 Å². The highest BCUT2D eigenvalue weighted by molar-refractivity contribution is 5.24. The Morgan fingerprint density at radius 2 is 1.72 bits per heavy atom. The van der Waals surface area contributed by atoms with Crippen LogP contribution in [0.4, 0.5) is 0 Å². The number of hydrogen-bond donors (Lipinski definition) is 0. The maximum atomic E-state index is 2.74. The minimum atomic E-state index is 0.637. The van der Waals surface area contributed by atoms with E-state index in [9.17, 15) is 0 Å². The number of rotatable bonds is 0. The van der Waals surface area contributed by atoms with Crippen LogP contribution in [0, 0.1) is 45.8 Å². The normalized spacial score (nSPS) is 59.2. The second kappa shape index (κ2) is 5.39. The van der Waals surface area contributed by atoms with Gasteiger partial charge in [0.1, 0.15) is 0 Å². The summed E-state index contributed by atoms with van der Waals surface area (Å²) in [5.74, 6) is 5.14. The topological polar surface area (TPSA) is 0 Å². The molecule has 5 aliphatic rings. The first kappa shape index (κ1) is 16.9. The third kappa shape index (κ3) is 2.01. The van der Waals surface area contributed by atoms with Gasteiger partial charge in [0.25, 0.3) is 0 Å². The summed E-state index contributed by atoms with van der Waals surface area (Å²) in [5, 5.41) is 0. The maximum Gasteiger partial charge on any atom is -0.0144 e. The molecule has 1 spiro atoms. The molecule has 0 bridgehead atoms. The van der Waals surface area contributed by atoms with Gasteiger partial charge in [-0.05, 0) is 117 Å². The summed E-state index contributed by atoms with van der Waals surface area (Å²) in [5.41, 5.74) is 3.87. The standard InChI is InChI=1S/C25H40/c1-5-18-9-14-25-15-11-21-19(22(25)7-6-20(18)25)10-12-23(3)16-17(2)8-13-24(21,23)4/h5,17,19-22H,6-16H2,1-4H3/b18-5+/t17-,19?,20?,21?,22?,23+,24?,25?/m1/s1. The fourth-order valence-corrected chi connectivity index (χ4v) is 9.69. The molecule has 0 nitrogen and oxygen atoms in total. The van der Waals surface area contributed by atoms with E-state index in [-0.39, 0.29) is 0 Å². The highest BCUT2D eigenvalue weighted by atomic mass is 14.7. The Labute approximate surface area is 156 Å². The van der Waals surface area contributed by atoms with E-state index < -0.39 is 0 Å². The molecule has 0 amide bonds. The third-order valence-corrected chi connectivity index (χ3v) is 11.0. The van der Waals surface area contributed by atoms with Crippen LogP contribution in [0.5, 0.6) is 0 Å². The van der Waals surface area contributed by atoms with Crippen molar-refractivity contribution in [3.8, 4) is 0 Å². The molecule has 0 aromatic rings. The zero-order chi connectivity index (χ0) is 17.4. The summed E-state index contributed by atoms with van der Waals surface area (Å²) >= 11 is 0. The van der Waals surface area contributed by atoms with Gasteiger partial charge in [0, 0.05) is 0 Å². The molecule has 0 aromatic heterocycles. The summed E-state index contributed by atoms with van der Waals surface area (Å²) in [6.07, 6.45) is 19.3. The van der Waals surface area contributed by atoms with Gasteiger partial charge in [0.15, 0.2) is 0 Å². The van der Waals surface area contributed by atoms with Crippen molar-refractivity contribution in [2.45, 2.75) is 98.3 Å².